The van der Waals surface area contributed by atoms with Gasteiger partial charge in [-0.2, -0.15) is 0 Å². The van der Waals surface area contributed by atoms with Crippen LogP contribution in [0.2, 0.25) is 0 Å². The average molecular weight is 790 g/mol. The molecule has 0 saturated carbocycles. The number of sulfonamides is 2. The Kier molecular flexibility index (Phi) is 11.9. The van der Waals surface area contributed by atoms with Crippen molar-refractivity contribution in [1.29, 1.82) is 0 Å². The molecule has 0 fully saturated rings. The fourth-order valence-electron chi connectivity index (χ4n) is 6.28. The summed E-state index contributed by atoms with van der Waals surface area (Å²) >= 11 is 0. The predicted molar refractivity (Wildman–Crippen MR) is 215 cm³/mol. The van der Waals surface area contributed by atoms with Gasteiger partial charge >= 0.3 is 5.97 Å². The molecule has 2 aromatic heterocycles. The zero-order valence-corrected chi connectivity index (χ0v) is 32.1. The Morgan fingerprint density at radius 3 is 1.29 bits per heavy atom. The first-order valence-corrected chi connectivity index (χ1v) is 20.7. The highest BCUT2D eigenvalue weighted by Gasteiger charge is 2.40. The summed E-state index contributed by atoms with van der Waals surface area (Å²) in [6.45, 7) is 3.99. The molecule has 2 atom stereocenters. The summed E-state index contributed by atoms with van der Waals surface area (Å²) in [5.41, 5.74) is 3.33. The molecule has 2 unspecified atom stereocenters. The van der Waals surface area contributed by atoms with E-state index in [1.54, 1.807) is 38.1 Å². The number of rotatable bonds is 15. The number of likely N-dealkylation sites (N-methyl/N-ethyl adjacent to an activating group) is 1. The highest BCUT2D eigenvalue weighted by atomic mass is 32.2. The Bertz CT molecular complexity index is 2530. The third-order valence-corrected chi connectivity index (χ3v) is 11.9. The molecule has 0 spiro atoms. The van der Waals surface area contributed by atoms with Gasteiger partial charge in [0.2, 0.25) is 5.91 Å². The number of aromatic nitrogens is 2. The number of carbonyl (C=O) groups is 2. The lowest BCUT2D eigenvalue weighted by Gasteiger charge is -2.29. The minimum atomic E-state index is -4.16. The molecule has 12 nitrogen and oxygen atoms in total. The van der Waals surface area contributed by atoms with Crippen molar-refractivity contribution in [3.63, 3.8) is 0 Å². The second kappa shape index (κ2) is 17.0. The molecule has 6 rings (SSSR count). The van der Waals surface area contributed by atoms with Gasteiger partial charge in [0.25, 0.3) is 20.0 Å². The van der Waals surface area contributed by atoms with Crippen molar-refractivity contribution in [3.05, 3.63) is 157 Å². The molecule has 0 bridgehead atoms. The van der Waals surface area contributed by atoms with Gasteiger partial charge in [-0.1, -0.05) is 97.1 Å². The topological polar surface area (TPSA) is 176 Å². The second-order valence-corrected chi connectivity index (χ2v) is 16.1. The van der Waals surface area contributed by atoms with Crippen LogP contribution in [0, 0.1) is 0 Å². The summed E-state index contributed by atoms with van der Waals surface area (Å²) < 4.78 is 58.7. The number of hydrogen-bond donors (Lipinski definition) is 3. The molecule has 4 aromatic carbocycles. The number of carboxylic acid groups (broad SMARTS) is 1. The van der Waals surface area contributed by atoms with E-state index in [9.17, 15) is 31.5 Å². The molecule has 286 valence electrons. The summed E-state index contributed by atoms with van der Waals surface area (Å²) in [5.74, 6) is -5.44. The van der Waals surface area contributed by atoms with E-state index < -0.39 is 43.8 Å². The highest BCUT2D eigenvalue weighted by Crippen LogP contribution is 2.35. The van der Waals surface area contributed by atoms with Crippen LogP contribution in [0.1, 0.15) is 37.1 Å². The Morgan fingerprint density at radius 2 is 0.911 bits per heavy atom. The number of hydrogen-bond acceptors (Lipinski definition) is 8. The second-order valence-electron chi connectivity index (χ2n) is 12.7. The quantitative estimate of drug-likeness (QED) is 0.0969. The van der Waals surface area contributed by atoms with E-state index >= 15 is 0 Å². The maximum atomic E-state index is 14.2. The molecular weight excluding hydrogens is 751 g/mol. The first-order chi connectivity index (χ1) is 26.9. The van der Waals surface area contributed by atoms with E-state index in [1.165, 1.54) is 65.6 Å². The van der Waals surface area contributed by atoms with Gasteiger partial charge in [0.05, 0.1) is 27.1 Å². The largest absolute Gasteiger partial charge is 0.481 e. The zero-order valence-electron chi connectivity index (χ0n) is 30.5. The van der Waals surface area contributed by atoms with Gasteiger partial charge in [0.15, 0.2) is 0 Å². The fraction of sp³-hybridized carbons (Fsp3) is 0.143. The zero-order chi connectivity index (χ0) is 39.9. The van der Waals surface area contributed by atoms with Gasteiger partial charge in [-0.15, -0.1) is 0 Å². The number of nitrogens with zero attached hydrogens (tertiary/aromatic N) is 3. The summed E-state index contributed by atoms with van der Waals surface area (Å²) in [7, 11) is -8.31. The maximum Gasteiger partial charge on any atom is 0.313 e. The lowest BCUT2D eigenvalue weighted by atomic mass is 9.84. The first kappa shape index (κ1) is 39.3. The Labute approximate surface area is 326 Å². The number of nitrogens with one attached hydrogen (secondary N) is 2. The number of pyridine rings is 2. The van der Waals surface area contributed by atoms with Crippen molar-refractivity contribution < 1.29 is 31.5 Å². The molecule has 14 heteroatoms. The highest BCUT2D eigenvalue weighted by molar-refractivity contribution is 7.93. The maximum absolute atomic E-state index is 14.2. The summed E-state index contributed by atoms with van der Waals surface area (Å²) in [6.07, 6.45) is 0. The predicted octanol–water partition coefficient (Wildman–Crippen LogP) is 7.23. The van der Waals surface area contributed by atoms with E-state index in [-0.39, 0.29) is 45.9 Å². The van der Waals surface area contributed by atoms with Gasteiger partial charge in [-0.25, -0.2) is 26.8 Å². The standard InChI is InChI=1S/C42H39N5O7S2/c1-3-47(4-2)41(48)39(35-17-11-19-37(43-35)45-55(51,52)33-25-21-31(22-26-33)29-13-7-5-8-14-29)40(42(49)50)36-18-12-20-38(44-36)46-56(53,54)34-27-23-32(24-28-34)30-15-9-6-10-16-30/h5-28,39-40H,3-4H2,1-2H3,(H,43,45)(H,44,46)(H,49,50). The Morgan fingerprint density at radius 1 is 0.536 bits per heavy atom. The van der Waals surface area contributed by atoms with Crippen LogP contribution in [0.25, 0.3) is 22.3 Å². The van der Waals surface area contributed by atoms with E-state index in [0.717, 1.165) is 22.3 Å². The number of carbonyl (C=O) groups excluding carboxylic acids is 1. The van der Waals surface area contributed by atoms with Crippen molar-refractivity contribution >= 4 is 43.6 Å². The molecule has 56 heavy (non-hydrogen) atoms. The van der Waals surface area contributed by atoms with Gasteiger partial charge in [0.1, 0.15) is 17.6 Å². The Hall–Kier alpha value is -6.38. The minimum Gasteiger partial charge on any atom is -0.481 e. The van der Waals surface area contributed by atoms with Crippen molar-refractivity contribution in [3.8, 4) is 22.3 Å². The third-order valence-electron chi connectivity index (χ3n) is 9.14. The van der Waals surface area contributed by atoms with Crippen molar-refractivity contribution in [1.82, 2.24) is 14.9 Å². The van der Waals surface area contributed by atoms with E-state index in [1.807, 2.05) is 60.7 Å². The smallest absolute Gasteiger partial charge is 0.313 e. The number of amides is 1. The van der Waals surface area contributed by atoms with E-state index in [2.05, 4.69) is 19.4 Å². The molecule has 0 aliphatic carbocycles. The number of aliphatic carboxylic acids is 1. The molecule has 0 aliphatic heterocycles. The van der Waals surface area contributed by atoms with Crippen LogP contribution < -0.4 is 9.44 Å². The van der Waals surface area contributed by atoms with Crippen LogP contribution in [0.4, 0.5) is 11.6 Å². The molecule has 1 amide bonds. The molecule has 6 aromatic rings. The van der Waals surface area contributed by atoms with Crippen LogP contribution in [-0.2, 0) is 29.6 Å². The van der Waals surface area contributed by atoms with E-state index in [4.69, 9.17) is 0 Å². The van der Waals surface area contributed by atoms with Crippen LogP contribution in [-0.4, -0.2) is 61.8 Å². The molecule has 0 radical (unpaired) electrons. The molecule has 0 saturated heterocycles. The Balaban J connectivity index is 1.30. The first-order valence-electron chi connectivity index (χ1n) is 17.7. The van der Waals surface area contributed by atoms with Crippen LogP contribution in [0.15, 0.2) is 155 Å². The van der Waals surface area contributed by atoms with Gasteiger partial charge in [-0.05, 0) is 84.6 Å². The molecule has 3 N–H and O–H groups in total. The third kappa shape index (κ3) is 8.94. The summed E-state index contributed by atoms with van der Waals surface area (Å²) in [4.78, 5) is 37.5. The average Bonchev–Trinajstić information content (AvgIpc) is 3.21. The molecular formula is C42H39N5O7S2. The van der Waals surface area contributed by atoms with Crippen molar-refractivity contribution in [2.45, 2.75) is 35.5 Å². The lowest BCUT2D eigenvalue weighted by Crippen LogP contribution is -2.39. The fourth-order valence-corrected chi connectivity index (χ4v) is 8.28. The van der Waals surface area contributed by atoms with Crippen LogP contribution >= 0.6 is 0 Å². The van der Waals surface area contributed by atoms with Crippen LogP contribution in [0.3, 0.4) is 0 Å². The monoisotopic (exact) mass is 789 g/mol. The number of benzene rings is 4. The molecule has 2 heterocycles. The van der Waals surface area contributed by atoms with Crippen molar-refractivity contribution in [2.75, 3.05) is 22.5 Å². The molecule has 0 aliphatic rings. The number of anilines is 2. The van der Waals surface area contributed by atoms with Crippen LogP contribution in [0.5, 0.6) is 0 Å². The van der Waals surface area contributed by atoms with Gasteiger partial charge < -0.3 is 10.0 Å². The lowest BCUT2D eigenvalue weighted by molar-refractivity contribution is -0.144. The SMILES string of the molecule is CCN(CC)C(=O)C(c1cccc(NS(=O)(=O)c2ccc(-c3ccccc3)cc2)n1)C(C(=O)O)c1cccc(NS(=O)(=O)c2ccc(-c3ccccc3)cc2)n1. The van der Waals surface area contributed by atoms with Gasteiger partial charge in [-0.3, -0.25) is 19.0 Å². The number of carboxylic acids is 1. The summed E-state index contributed by atoms with van der Waals surface area (Å²) in [6, 6.07) is 40.0. The van der Waals surface area contributed by atoms with Gasteiger partial charge in [0, 0.05) is 13.1 Å². The minimum absolute atomic E-state index is 0.0276. The normalized spacial score (nSPS) is 12.6. The summed E-state index contributed by atoms with van der Waals surface area (Å²) in [5, 5.41) is 10.7. The van der Waals surface area contributed by atoms with E-state index in [0.29, 0.717) is 0 Å². The van der Waals surface area contributed by atoms with Crippen molar-refractivity contribution in [2.24, 2.45) is 0 Å².